The van der Waals surface area contributed by atoms with Crippen LogP contribution in [0.2, 0.25) is 0 Å². The lowest BCUT2D eigenvalue weighted by molar-refractivity contribution is -0.134. The number of fused-ring (bicyclic) bond motifs is 1. The fourth-order valence-electron chi connectivity index (χ4n) is 1.83. The van der Waals surface area contributed by atoms with Crippen molar-refractivity contribution in [2.45, 2.75) is 12.7 Å². The van der Waals surface area contributed by atoms with Crippen molar-refractivity contribution >= 4 is 22.4 Å². The maximum atomic E-state index is 12.5. The van der Waals surface area contributed by atoms with E-state index < -0.39 is 11.1 Å². The lowest BCUT2D eigenvalue weighted by atomic mass is 10.3. The Kier molecular flexibility index (Phi) is 2.59. The molecule has 9 heteroatoms. The van der Waals surface area contributed by atoms with E-state index >= 15 is 0 Å². The molecule has 0 atom stereocenters. The van der Waals surface area contributed by atoms with E-state index in [2.05, 4.69) is 10.1 Å². The van der Waals surface area contributed by atoms with Crippen LogP contribution in [-0.4, -0.2) is 27.2 Å². The van der Waals surface area contributed by atoms with Crippen molar-refractivity contribution in [2.75, 3.05) is 11.4 Å². The number of hydrogen-bond acceptors (Lipinski definition) is 4. The van der Waals surface area contributed by atoms with Crippen LogP contribution in [0, 0.1) is 0 Å². The molecule has 1 aliphatic heterocycles. The topological polar surface area (TPSA) is 51.0 Å². The van der Waals surface area contributed by atoms with Gasteiger partial charge in [0.2, 0.25) is 0 Å². The fourth-order valence-corrected chi connectivity index (χ4v) is 2.64. The van der Waals surface area contributed by atoms with Crippen LogP contribution in [0.5, 0.6) is 0 Å². The van der Waals surface area contributed by atoms with Gasteiger partial charge in [0, 0.05) is 12.7 Å². The molecule has 0 N–H and O–H groups in total. The molecule has 0 unspecified atom stereocenters. The lowest BCUT2D eigenvalue weighted by Crippen LogP contribution is -2.40. The summed E-state index contributed by atoms with van der Waals surface area (Å²) in [6.45, 7) is 0.702. The van der Waals surface area contributed by atoms with E-state index in [0.29, 0.717) is 23.6 Å². The summed E-state index contributed by atoms with van der Waals surface area (Å²) in [7, 11) is 0. The molecular formula is C10H7F3N4OS. The van der Waals surface area contributed by atoms with Crippen molar-refractivity contribution in [3.63, 3.8) is 0 Å². The average molecular weight is 288 g/mol. The van der Waals surface area contributed by atoms with Gasteiger partial charge in [-0.05, 0) is 6.07 Å². The van der Waals surface area contributed by atoms with E-state index in [-0.39, 0.29) is 17.6 Å². The van der Waals surface area contributed by atoms with Gasteiger partial charge in [0.15, 0.2) is 5.13 Å². The second-order valence-electron chi connectivity index (χ2n) is 3.90. The predicted octanol–water partition coefficient (Wildman–Crippen LogP) is 2.02. The van der Waals surface area contributed by atoms with Crippen molar-refractivity contribution in [2.24, 2.45) is 0 Å². The van der Waals surface area contributed by atoms with E-state index in [1.807, 2.05) is 0 Å². The number of carbonyl (C=O) groups is 1. The maximum absolute atomic E-state index is 12.5. The number of alkyl halides is 3. The van der Waals surface area contributed by atoms with Gasteiger partial charge < -0.3 is 0 Å². The zero-order valence-corrected chi connectivity index (χ0v) is 10.2. The molecule has 19 heavy (non-hydrogen) atoms. The van der Waals surface area contributed by atoms with Crippen LogP contribution in [0.15, 0.2) is 18.5 Å². The summed E-state index contributed by atoms with van der Waals surface area (Å²) in [5.74, 6) is -0.383. The molecule has 1 aliphatic rings. The number of amides is 1. The number of aromatic nitrogens is 3. The first kappa shape index (κ1) is 12.2. The maximum Gasteiger partial charge on any atom is 0.427 e. The second-order valence-corrected chi connectivity index (χ2v) is 4.91. The van der Waals surface area contributed by atoms with Crippen molar-refractivity contribution < 1.29 is 18.0 Å². The van der Waals surface area contributed by atoms with Gasteiger partial charge in [0.1, 0.15) is 10.6 Å². The SMILES string of the molecule is O=C1c2ccnn2CCN1c1ncc(C(F)(F)F)s1. The third-order valence-electron chi connectivity index (χ3n) is 2.72. The first-order valence-electron chi connectivity index (χ1n) is 5.33. The zero-order valence-electron chi connectivity index (χ0n) is 9.39. The largest absolute Gasteiger partial charge is 0.427 e. The molecule has 100 valence electrons. The molecule has 5 nitrogen and oxygen atoms in total. The molecule has 3 heterocycles. The van der Waals surface area contributed by atoms with E-state index in [1.54, 1.807) is 0 Å². The predicted molar refractivity (Wildman–Crippen MR) is 61.0 cm³/mol. The first-order chi connectivity index (χ1) is 8.97. The molecule has 0 saturated carbocycles. The van der Waals surface area contributed by atoms with Crippen LogP contribution in [0.3, 0.4) is 0 Å². The Balaban J connectivity index is 1.92. The Morgan fingerprint density at radius 1 is 1.32 bits per heavy atom. The van der Waals surface area contributed by atoms with Crippen LogP contribution in [0.1, 0.15) is 15.4 Å². The molecule has 0 fully saturated rings. The summed E-state index contributed by atoms with van der Waals surface area (Å²) < 4.78 is 39.0. The minimum Gasteiger partial charge on any atom is -0.281 e. The van der Waals surface area contributed by atoms with Gasteiger partial charge in [-0.1, -0.05) is 11.3 Å². The Labute approximate surface area is 109 Å². The molecule has 3 rings (SSSR count). The normalized spacial score (nSPS) is 15.7. The van der Waals surface area contributed by atoms with Gasteiger partial charge in [0.25, 0.3) is 5.91 Å². The average Bonchev–Trinajstić information content (AvgIpc) is 2.96. The van der Waals surface area contributed by atoms with Crippen LogP contribution in [0.4, 0.5) is 18.3 Å². The highest BCUT2D eigenvalue weighted by atomic mass is 32.1. The molecule has 1 amide bonds. The van der Waals surface area contributed by atoms with Crippen molar-refractivity contribution in [1.29, 1.82) is 0 Å². The Bertz CT molecular complexity index is 633. The van der Waals surface area contributed by atoms with Crippen molar-refractivity contribution in [3.8, 4) is 0 Å². The number of halogens is 3. The van der Waals surface area contributed by atoms with E-state index in [4.69, 9.17) is 0 Å². The number of anilines is 1. The highest BCUT2D eigenvalue weighted by Gasteiger charge is 2.35. The van der Waals surface area contributed by atoms with Gasteiger partial charge in [-0.2, -0.15) is 18.3 Å². The number of carbonyl (C=O) groups excluding carboxylic acids is 1. The van der Waals surface area contributed by atoms with Crippen LogP contribution >= 0.6 is 11.3 Å². The molecule has 2 aromatic rings. The van der Waals surface area contributed by atoms with Gasteiger partial charge in [0.05, 0.1) is 12.7 Å². The second kappa shape index (κ2) is 4.05. The van der Waals surface area contributed by atoms with Crippen molar-refractivity contribution in [3.05, 3.63) is 29.0 Å². The van der Waals surface area contributed by atoms with Crippen LogP contribution in [0.25, 0.3) is 0 Å². The Morgan fingerprint density at radius 2 is 2.11 bits per heavy atom. The lowest BCUT2D eigenvalue weighted by Gasteiger charge is -2.24. The third kappa shape index (κ3) is 1.99. The summed E-state index contributed by atoms with van der Waals surface area (Å²) in [6, 6.07) is 1.53. The zero-order chi connectivity index (χ0) is 13.6. The number of thiazole rings is 1. The van der Waals surface area contributed by atoms with Crippen LogP contribution in [-0.2, 0) is 12.7 Å². The van der Waals surface area contributed by atoms with Gasteiger partial charge in [-0.25, -0.2) is 4.98 Å². The van der Waals surface area contributed by atoms with E-state index in [1.165, 1.54) is 21.8 Å². The van der Waals surface area contributed by atoms with Gasteiger partial charge in [-0.3, -0.25) is 14.4 Å². The summed E-state index contributed by atoms with van der Waals surface area (Å²) in [5, 5.41) is 4.01. The quantitative estimate of drug-likeness (QED) is 0.806. The fraction of sp³-hybridized carbons (Fsp3) is 0.300. The number of rotatable bonds is 1. The van der Waals surface area contributed by atoms with Gasteiger partial charge in [-0.15, -0.1) is 0 Å². The standard InChI is InChI=1S/C10H7F3N4OS/c11-10(12,13)7-5-14-9(19-7)16-3-4-17-6(8(16)18)1-2-15-17/h1-2,5H,3-4H2. The summed E-state index contributed by atoms with van der Waals surface area (Å²) in [4.78, 5) is 16.2. The minimum atomic E-state index is -4.43. The Hall–Kier alpha value is -1.90. The van der Waals surface area contributed by atoms with Gasteiger partial charge >= 0.3 is 6.18 Å². The molecular weight excluding hydrogens is 281 g/mol. The smallest absolute Gasteiger partial charge is 0.281 e. The molecule has 0 aliphatic carbocycles. The highest BCUT2D eigenvalue weighted by molar-refractivity contribution is 7.15. The highest BCUT2D eigenvalue weighted by Crippen LogP contribution is 2.36. The summed E-state index contributed by atoms with van der Waals surface area (Å²) >= 11 is 0.467. The molecule has 0 spiro atoms. The molecule has 2 aromatic heterocycles. The number of hydrogen-bond donors (Lipinski definition) is 0. The minimum absolute atomic E-state index is 0.0600. The summed E-state index contributed by atoms with van der Waals surface area (Å²) in [6.07, 6.45) is -2.20. The monoisotopic (exact) mass is 288 g/mol. The third-order valence-corrected chi connectivity index (χ3v) is 3.79. The van der Waals surface area contributed by atoms with E-state index in [0.717, 1.165) is 6.20 Å². The Morgan fingerprint density at radius 3 is 2.79 bits per heavy atom. The molecule has 0 bridgehead atoms. The summed E-state index contributed by atoms with van der Waals surface area (Å²) in [5.41, 5.74) is 0.356. The first-order valence-corrected chi connectivity index (χ1v) is 6.15. The number of nitrogens with zero attached hydrogens (tertiary/aromatic N) is 4. The molecule has 0 saturated heterocycles. The molecule has 0 radical (unpaired) electrons. The van der Waals surface area contributed by atoms with Crippen molar-refractivity contribution in [1.82, 2.24) is 14.8 Å². The molecule has 0 aromatic carbocycles. The van der Waals surface area contributed by atoms with Crippen LogP contribution < -0.4 is 4.90 Å². The van der Waals surface area contributed by atoms with E-state index in [9.17, 15) is 18.0 Å².